The second kappa shape index (κ2) is 11.9. The molecule has 3 aliphatic heterocycles. The van der Waals surface area contributed by atoms with Crippen LogP contribution in [0.5, 0.6) is 5.75 Å². The summed E-state index contributed by atoms with van der Waals surface area (Å²) < 4.78 is 5.81. The minimum atomic E-state index is -0.851. The van der Waals surface area contributed by atoms with E-state index >= 15 is 0 Å². The van der Waals surface area contributed by atoms with E-state index in [0.717, 1.165) is 60.6 Å². The van der Waals surface area contributed by atoms with Gasteiger partial charge in [-0.2, -0.15) is 0 Å². The Kier molecular flexibility index (Phi) is 8.03. The van der Waals surface area contributed by atoms with Crippen molar-refractivity contribution in [1.82, 2.24) is 9.80 Å². The van der Waals surface area contributed by atoms with Gasteiger partial charge in [-0.15, -0.1) is 0 Å². The van der Waals surface area contributed by atoms with E-state index in [4.69, 9.17) is 4.74 Å². The molecule has 2 aromatic rings. The average molecular weight is 583 g/mol. The fraction of sp³-hybridized carbons (Fsp3) is 0.412. The zero-order valence-corrected chi connectivity index (χ0v) is 25.0. The highest BCUT2D eigenvalue weighted by molar-refractivity contribution is 6.29. The molecule has 2 amide bonds. The normalized spacial score (nSPS) is 22.3. The Hall–Kier alpha value is -4.08. The zero-order chi connectivity index (χ0) is 30.2. The second-order valence-electron chi connectivity index (χ2n) is 11.8. The molecule has 9 nitrogen and oxygen atoms in total. The molecule has 3 heterocycles. The summed E-state index contributed by atoms with van der Waals surface area (Å²) in [5.74, 6) is 0.183. The van der Waals surface area contributed by atoms with Crippen molar-refractivity contribution in [2.75, 3.05) is 38.1 Å². The monoisotopic (exact) mass is 582 g/mol. The maximum atomic E-state index is 13.4. The van der Waals surface area contributed by atoms with E-state index in [2.05, 4.69) is 22.1 Å². The first-order valence-electron chi connectivity index (χ1n) is 15.1. The topological polar surface area (TPSA) is 112 Å². The van der Waals surface area contributed by atoms with Gasteiger partial charge in [0.1, 0.15) is 18.5 Å². The number of aliphatic imine (C=N–C) groups is 1. The third-order valence-electron chi connectivity index (χ3n) is 8.81. The summed E-state index contributed by atoms with van der Waals surface area (Å²) in [5.41, 5.74) is 6.25. The van der Waals surface area contributed by atoms with E-state index in [1.54, 1.807) is 24.3 Å². The van der Waals surface area contributed by atoms with Crippen molar-refractivity contribution in [3.63, 3.8) is 0 Å². The number of Topliss-reactive ketones (excluding diaryl/α,β-unsaturated/α-hetero) is 1. The number of nitrogens with one attached hydrogen (secondary N) is 1. The SMILES string of the molecule is CCN1CCC(N2C(=O)c3cc4c(cc3C2=O)NC(=C2C(=O)CC=CC2=NC[C@@H](O)COc2ccc(C)cc2C)C4)CC1. The van der Waals surface area contributed by atoms with Crippen LogP contribution < -0.4 is 10.1 Å². The summed E-state index contributed by atoms with van der Waals surface area (Å²) in [4.78, 5) is 48.3. The molecule has 0 unspecified atom stereocenters. The predicted octanol–water partition coefficient (Wildman–Crippen LogP) is 4.02. The summed E-state index contributed by atoms with van der Waals surface area (Å²) in [5, 5.41) is 13.9. The first-order valence-corrected chi connectivity index (χ1v) is 15.1. The Balaban J connectivity index is 1.17. The number of hydrogen-bond donors (Lipinski definition) is 2. The van der Waals surface area contributed by atoms with Crippen LogP contribution in [0.3, 0.4) is 0 Å². The van der Waals surface area contributed by atoms with Gasteiger partial charge >= 0.3 is 0 Å². The van der Waals surface area contributed by atoms with Gasteiger partial charge in [0.15, 0.2) is 5.78 Å². The van der Waals surface area contributed by atoms with E-state index in [1.165, 1.54) is 4.90 Å². The fourth-order valence-corrected chi connectivity index (χ4v) is 6.45. The number of aliphatic hydroxyl groups excluding tert-OH is 1. The van der Waals surface area contributed by atoms with E-state index in [9.17, 15) is 19.5 Å². The molecule has 0 spiro atoms. The number of nitrogens with zero attached hydrogens (tertiary/aromatic N) is 3. The smallest absolute Gasteiger partial charge is 0.261 e. The number of ether oxygens (including phenoxy) is 1. The number of ketones is 1. The molecule has 43 heavy (non-hydrogen) atoms. The number of amides is 2. The van der Waals surface area contributed by atoms with Crippen LogP contribution in [0.15, 0.2) is 58.7 Å². The molecule has 0 saturated carbocycles. The molecule has 9 heteroatoms. The van der Waals surface area contributed by atoms with Gasteiger partial charge < -0.3 is 20.1 Å². The minimum absolute atomic E-state index is 0.0677. The molecular weight excluding hydrogens is 544 g/mol. The summed E-state index contributed by atoms with van der Waals surface area (Å²) in [6.45, 7) is 8.99. The molecule has 0 bridgehead atoms. The Morgan fingerprint density at radius 2 is 1.81 bits per heavy atom. The molecular formula is C34H38N4O5. The van der Waals surface area contributed by atoms with Crippen molar-refractivity contribution in [3.05, 3.63) is 81.6 Å². The lowest BCUT2D eigenvalue weighted by atomic mass is 9.94. The number of piperidine rings is 1. The maximum absolute atomic E-state index is 13.4. The molecule has 6 rings (SSSR count). The summed E-state index contributed by atoms with van der Waals surface area (Å²) in [6.07, 6.45) is 4.99. The maximum Gasteiger partial charge on any atom is 0.261 e. The number of carbonyl (C=O) groups is 3. The number of benzene rings is 2. The second-order valence-corrected chi connectivity index (χ2v) is 11.8. The van der Waals surface area contributed by atoms with Gasteiger partial charge in [-0.1, -0.05) is 30.7 Å². The number of aliphatic hydroxyl groups is 1. The third kappa shape index (κ3) is 5.67. The first kappa shape index (κ1) is 29.0. The van der Waals surface area contributed by atoms with Crippen molar-refractivity contribution in [2.24, 2.45) is 4.99 Å². The van der Waals surface area contributed by atoms with Crippen LogP contribution in [-0.2, 0) is 11.2 Å². The largest absolute Gasteiger partial charge is 0.491 e. The van der Waals surface area contributed by atoms with E-state index < -0.39 is 6.10 Å². The number of rotatable bonds is 7. The minimum Gasteiger partial charge on any atom is -0.491 e. The Morgan fingerprint density at radius 3 is 2.53 bits per heavy atom. The van der Waals surface area contributed by atoms with Crippen molar-refractivity contribution >= 4 is 29.0 Å². The molecule has 2 aromatic carbocycles. The quantitative estimate of drug-likeness (QED) is 0.375. The molecule has 0 radical (unpaired) electrons. The van der Waals surface area contributed by atoms with Crippen LogP contribution in [0, 0.1) is 13.8 Å². The molecule has 4 aliphatic rings. The molecule has 2 N–H and O–H groups in total. The summed E-state index contributed by atoms with van der Waals surface area (Å²) in [7, 11) is 0. The Labute approximate surface area is 251 Å². The molecule has 224 valence electrons. The number of imide groups is 1. The van der Waals surface area contributed by atoms with Gasteiger partial charge in [-0.25, -0.2) is 0 Å². The molecule has 1 atom stereocenters. The highest BCUT2D eigenvalue weighted by Gasteiger charge is 2.42. The molecule has 1 fully saturated rings. The van der Waals surface area contributed by atoms with Crippen molar-refractivity contribution in [2.45, 2.75) is 58.6 Å². The third-order valence-corrected chi connectivity index (χ3v) is 8.81. The lowest BCUT2D eigenvalue weighted by molar-refractivity contribution is -0.114. The number of likely N-dealkylation sites (tertiary alicyclic amines) is 1. The summed E-state index contributed by atoms with van der Waals surface area (Å²) >= 11 is 0. The number of hydrogen-bond acceptors (Lipinski definition) is 8. The lowest BCUT2D eigenvalue weighted by Crippen LogP contribution is -2.47. The van der Waals surface area contributed by atoms with E-state index in [1.807, 2.05) is 32.0 Å². The number of fused-ring (bicyclic) bond motifs is 2. The number of anilines is 1. The highest BCUT2D eigenvalue weighted by Crippen LogP contribution is 2.38. The van der Waals surface area contributed by atoms with Crippen LogP contribution in [-0.4, -0.2) is 83.1 Å². The molecule has 1 aliphatic carbocycles. The summed E-state index contributed by atoms with van der Waals surface area (Å²) in [6, 6.07) is 9.36. The number of aryl methyl sites for hydroxylation is 2. The van der Waals surface area contributed by atoms with Crippen LogP contribution in [0.25, 0.3) is 0 Å². The molecule has 0 aromatic heterocycles. The average Bonchev–Trinajstić information content (AvgIpc) is 3.51. The molecule has 1 saturated heterocycles. The van der Waals surface area contributed by atoms with E-state index in [-0.39, 0.29) is 43.2 Å². The van der Waals surface area contributed by atoms with Crippen molar-refractivity contribution < 1.29 is 24.2 Å². The number of allylic oxidation sites excluding steroid dienone is 4. The fourth-order valence-electron chi connectivity index (χ4n) is 6.45. The highest BCUT2D eigenvalue weighted by atomic mass is 16.5. The van der Waals surface area contributed by atoms with E-state index in [0.29, 0.717) is 34.5 Å². The lowest BCUT2D eigenvalue weighted by Gasteiger charge is -2.35. The van der Waals surface area contributed by atoms with Crippen LogP contribution in [0.4, 0.5) is 5.69 Å². The first-order chi connectivity index (χ1) is 20.7. The zero-order valence-electron chi connectivity index (χ0n) is 25.0. The Morgan fingerprint density at radius 1 is 1.07 bits per heavy atom. The van der Waals surface area contributed by atoms with Crippen LogP contribution in [0.2, 0.25) is 0 Å². The predicted molar refractivity (Wildman–Crippen MR) is 165 cm³/mol. The van der Waals surface area contributed by atoms with Gasteiger partial charge in [0.05, 0.1) is 29.0 Å². The van der Waals surface area contributed by atoms with Gasteiger partial charge in [-0.3, -0.25) is 24.3 Å². The van der Waals surface area contributed by atoms with Crippen molar-refractivity contribution in [3.8, 4) is 5.75 Å². The van der Waals surface area contributed by atoms with Gasteiger partial charge in [0.25, 0.3) is 11.8 Å². The standard InChI is InChI=1S/C34H38N4O5/c1-4-37-12-10-23(11-13-37)38-33(41)25-15-22-16-29(36-28(22)17-26(25)34(38)42)32-27(6-5-7-30(32)40)35-18-24(39)19-43-31-9-8-20(2)14-21(31)3/h5-6,8-9,14-15,17,23-24,36,39H,4,7,10-13,16,18-19H2,1-3H3/t24-/m1/s1. The van der Waals surface area contributed by atoms with Crippen molar-refractivity contribution in [1.29, 1.82) is 0 Å². The van der Waals surface area contributed by atoms with Crippen LogP contribution >= 0.6 is 0 Å². The Bertz CT molecular complexity index is 1530. The van der Waals surface area contributed by atoms with Gasteiger partial charge in [0, 0.05) is 43.4 Å². The van der Waals surface area contributed by atoms with Gasteiger partial charge in [-0.05, 0) is 68.6 Å². The van der Waals surface area contributed by atoms with Crippen LogP contribution in [0.1, 0.15) is 63.6 Å². The number of carbonyl (C=O) groups excluding carboxylic acids is 3. The van der Waals surface area contributed by atoms with Gasteiger partial charge in [0.2, 0.25) is 0 Å².